The summed E-state index contributed by atoms with van der Waals surface area (Å²) in [5.74, 6) is 0. The molecule has 0 saturated heterocycles. The summed E-state index contributed by atoms with van der Waals surface area (Å²) >= 11 is 0. The van der Waals surface area contributed by atoms with Gasteiger partial charge in [0.15, 0.2) is 0 Å². The van der Waals surface area contributed by atoms with Gasteiger partial charge in [-0.1, -0.05) is 34.6 Å². The molecule has 0 aromatic rings. The second-order valence-electron chi connectivity index (χ2n) is 6.11. The molecule has 4 nitrogen and oxygen atoms in total. The summed E-state index contributed by atoms with van der Waals surface area (Å²) in [6.07, 6.45) is 3.40. The first-order valence-corrected chi connectivity index (χ1v) is 7.14. The molecule has 18 heavy (non-hydrogen) atoms. The predicted molar refractivity (Wildman–Crippen MR) is 76.1 cm³/mol. The van der Waals surface area contributed by atoms with Crippen LogP contribution in [0.15, 0.2) is 0 Å². The minimum absolute atomic E-state index is 0.198. The Morgan fingerprint density at radius 2 is 1.72 bits per heavy atom. The van der Waals surface area contributed by atoms with E-state index in [0.717, 1.165) is 32.4 Å². The van der Waals surface area contributed by atoms with E-state index in [9.17, 15) is 0 Å². The Bertz CT molecular complexity index is 189. The molecule has 110 valence electrons. The van der Waals surface area contributed by atoms with Gasteiger partial charge in [0.05, 0.1) is 12.7 Å². The van der Waals surface area contributed by atoms with Gasteiger partial charge >= 0.3 is 0 Å². The second kappa shape index (κ2) is 9.73. The fourth-order valence-corrected chi connectivity index (χ4v) is 1.37. The van der Waals surface area contributed by atoms with Crippen molar-refractivity contribution in [1.82, 2.24) is 11.0 Å². The number of hydroxylamine groups is 2. The standard InChI is InChI=1S/C14H32N2O2/c1-7-13(8-2)18-15-10-9-12(3)16-17-11-14(4,5)6/h12-13,15-16H,7-11H2,1-6H3. The van der Waals surface area contributed by atoms with E-state index < -0.39 is 0 Å². The molecule has 0 spiro atoms. The van der Waals surface area contributed by atoms with Crippen LogP contribution in [0.4, 0.5) is 0 Å². The minimum Gasteiger partial charge on any atom is -0.301 e. The van der Waals surface area contributed by atoms with Gasteiger partial charge in [-0.15, -0.1) is 0 Å². The maximum atomic E-state index is 5.53. The van der Waals surface area contributed by atoms with Crippen LogP contribution < -0.4 is 11.0 Å². The minimum atomic E-state index is 0.198. The van der Waals surface area contributed by atoms with E-state index in [1.165, 1.54) is 0 Å². The highest BCUT2D eigenvalue weighted by molar-refractivity contribution is 4.60. The van der Waals surface area contributed by atoms with Crippen LogP contribution in [0.3, 0.4) is 0 Å². The molecular formula is C14H32N2O2. The van der Waals surface area contributed by atoms with E-state index in [1.54, 1.807) is 0 Å². The van der Waals surface area contributed by atoms with Crippen LogP contribution >= 0.6 is 0 Å². The molecule has 0 aromatic carbocycles. The molecule has 0 aliphatic heterocycles. The molecule has 0 heterocycles. The Hall–Kier alpha value is -0.160. The van der Waals surface area contributed by atoms with E-state index in [1.807, 2.05) is 0 Å². The topological polar surface area (TPSA) is 42.5 Å². The molecule has 0 aliphatic carbocycles. The molecule has 0 aliphatic rings. The molecule has 0 amide bonds. The average molecular weight is 260 g/mol. The maximum Gasteiger partial charge on any atom is 0.0785 e. The molecule has 0 saturated carbocycles. The van der Waals surface area contributed by atoms with Crippen molar-refractivity contribution in [3.63, 3.8) is 0 Å². The third-order valence-electron chi connectivity index (χ3n) is 2.63. The Labute approximate surface area is 113 Å². The molecule has 2 N–H and O–H groups in total. The Balaban J connectivity index is 3.45. The van der Waals surface area contributed by atoms with Crippen LogP contribution in [0.1, 0.15) is 60.8 Å². The van der Waals surface area contributed by atoms with Crippen LogP contribution in [-0.4, -0.2) is 25.3 Å². The first-order chi connectivity index (χ1) is 8.39. The Kier molecular flexibility index (Phi) is 9.64. The summed E-state index contributed by atoms with van der Waals surface area (Å²) in [6, 6.07) is 0.324. The maximum absolute atomic E-state index is 5.53. The van der Waals surface area contributed by atoms with Crippen LogP contribution in [0.25, 0.3) is 0 Å². The van der Waals surface area contributed by atoms with E-state index >= 15 is 0 Å². The van der Waals surface area contributed by atoms with Crippen molar-refractivity contribution in [2.24, 2.45) is 5.41 Å². The van der Waals surface area contributed by atoms with Gasteiger partial charge in [0.25, 0.3) is 0 Å². The highest BCUT2D eigenvalue weighted by Gasteiger charge is 2.11. The molecule has 1 unspecified atom stereocenters. The number of hydrogen-bond acceptors (Lipinski definition) is 4. The largest absolute Gasteiger partial charge is 0.301 e. The van der Waals surface area contributed by atoms with Crippen LogP contribution in [-0.2, 0) is 9.68 Å². The van der Waals surface area contributed by atoms with Gasteiger partial charge in [-0.05, 0) is 31.6 Å². The van der Waals surface area contributed by atoms with Crippen LogP contribution in [0.2, 0.25) is 0 Å². The normalized spacial score (nSPS) is 14.2. The van der Waals surface area contributed by atoms with Gasteiger partial charge in [0, 0.05) is 12.6 Å². The summed E-state index contributed by atoms with van der Waals surface area (Å²) in [6.45, 7) is 14.4. The lowest BCUT2D eigenvalue weighted by Gasteiger charge is -2.21. The van der Waals surface area contributed by atoms with Crippen molar-refractivity contribution in [2.45, 2.75) is 73.0 Å². The highest BCUT2D eigenvalue weighted by atomic mass is 16.7. The number of rotatable bonds is 10. The zero-order chi connectivity index (χ0) is 14.0. The van der Waals surface area contributed by atoms with Crippen molar-refractivity contribution < 1.29 is 9.68 Å². The summed E-state index contributed by atoms with van der Waals surface area (Å²) in [5, 5.41) is 0. The molecule has 0 bridgehead atoms. The van der Waals surface area contributed by atoms with E-state index in [4.69, 9.17) is 9.68 Å². The van der Waals surface area contributed by atoms with Gasteiger partial charge in [-0.2, -0.15) is 5.48 Å². The molecule has 0 radical (unpaired) electrons. The van der Waals surface area contributed by atoms with Crippen molar-refractivity contribution in [3.05, 3.63) is 0 Å². The lowest BCUT2D eigenvalue weighted by molar-refractivity contribution is -0.0399. The Morgan fingerprint density at radius 1 is 1.11 bits per heavy atom. The average Bonchev–Trinajstić information content (AvgIpc) is 2.27. The van der Waals surface area contributed by atoms with Crippen LogP contribution in [0, 0.1) is 5.41 Å². The van der Waals surface area contributed by atoms with E-state index in [0.29, 0.717) is 12.1 Å². The quantitative estimate of drug-likeness (QED) is 0.468. The lowest BCUT2D eigenvalue weighted by Crippen LogP contribution is -2.33. The van der Waals surface area contributed by atoms with Gasteiger partial charge in [-0.25, -0.2) is 5.48 Å². The monoisotopic (exact) mass is 260 g/mol. The van der Waals surface area contributed by atoms with Gasteiger partial charge in [-0.3, -0.25) is 4.84 Å². The van der Waals surface area contributed by atoms with Crippen molar-refractivity contribution in [2.75, 3.05) is 13.2 Å². The van der Waals surface area contributed by atoms with Gasteiger partial charge in [0.2, 0.25) is 0 Å². The van der Waals surface area contributed by atoms with Crippen molar-refractivity contribution in [3.8, 4) is 0 Å². The van der Waals surface area contributed by atoms with Gasteiger partial charge in [0.1, 0.15) is 0 Å². The molecule has 4 heteroatoms. The van der Waals surface area contributed by atoms with Gasteiger partial charge < -0.3 is 4.84 Å². The van der Waals surface area contributed by atoms with Crippen molar-refractivity contribution >= 4 is 0 Å². The Morgan fingerprint density at radius 3 is 2.22 bits per heavy atom. The summed E-state index contributed by atoms with van der Waals surface area (Å²) in [5.41, 5.74) is 6.29. The van der Waals surface area contributed by atoms with Crippen molar-refractivity contribution in [1.29, 1.82) is 0 Å². The predicted octanol–water partition coefficient (Wildman–Crippen LogP) is 3.04. The van der Waals surface area contributed by atoms with E-state index in [-0.39, 0.29) is 5.41 Å². The second-order valence-corrected chi connectivity index (χ2v) is 6.11. The fraction of sp³-hybridized carbons (Fsp3) is 1.00. The summed E-state index contributed by atoms with van der Waals surface area (Å²) in [7, 11) is 0. The van der Waals surface area contributed by atoms with E-state index in [2.05, 4.69) is 52.5 Å². The third kappa shape index (κ3) is 11.0. The number of nitrogens with one attached hydrogen (secondary N) is 2. The molecule has 1 atom stereocenters. The molecule has 0 fully saturated rings. The molecule has 0 rings (SSSR count). The lowest BCUT2D eigenvalue weighted by atomic mass is 9.99. The summed E-state index contributed by atoms with van der Waals surface area (Å²) < 4.78 is 0. The smallest absolute Gasteiger partial charge is 0.0785 e. The SMILES string of the molecule is CCC(CC)ONCCC(C)NOCC(C)(C)C. The zero-order valence-electron chi connectivity index (χ0n) is 13.0. The first kappa shape index (κ1) is 17.8. The zero-order valence-corrected chi connectivity index (χ0v) is 13.0. The first-order valence-electron chi connectivity index (χ1n) is 7.14. The highest BCUT2D eigenvalue weighted by Crippen LogP contribution is 2.12. The molecular weight excluding hydrogens is 228 g/mol. The number of hydrogen-bond donors (Lipinski definition) is 2. The summed E-state index contributed by atoms with van der Waals surface area (Å²) in [4.78, 5) is 11.0. The molecule has 0 aromatic heterocycles. The van der Waals surface area contributed by atoms with Crippen LogP contribution in [0.5, 0.6) is 0 Å². The third-order valence-corrected chi connectivity index (χ3v) is 2.63. The fourth-order valence-electron chi connectivity index (χ4n) is 1.37.